The fraction of sp³-hybridized carbons (Fsp3) is 0.562. The first-order valence-electron chi connectivity index (χ1n) is 8.12. The van der Waals surface area contributed by atoms with Gasteiger partial charge in [0, 0.05) is 25.6 Å². The second kappa shape index (κ2) is 7.41. The first-order valence-corrected chi connectivity index (χ1v) is 8.12. The normalized spacial score (nSPS) is 16.6. The highest BCUT2D eigenvalue weighted by atomic mass is 16.5. The molecular weight excluding hydrogens is 296 g/mol. The van der Waals surface area contributed by atoms with Gasteiger partial charge in [-0.3, -0.25) is 9.69 Å². The van der Waals surface area contributed by atoms with Crippen molar-refractivity contribution < 1.29 is 13.7 Å². The van der Waals surface area contributed by atoms with Gasteiger partial charge in [-0.15, -0.1) is 0 Å². The van der Waals surface area contributed by atoms with Crippen LogP contribution in [0.1, 0.15) is 38.5 Å². The van der Waals surface area contributed by atoms with Crippen LogP contribution in [0.4, 0.5) is 0 Å². The van der Waals surface area contributed by atoms with Gasteiger partial charge in [-0.1, -0.05) is 12.1 Å². The van der Waals surface area contributed by atoms with Gasteiger partial charge in [-0.05, 0) is 31.4 Å². The molecule has 1 fully saturated rings. The zero-order valence-corrected chi connectivity index (χ0v) is 13.3. The van der Waals surface area contributed by atoms with Crippen molar-refractivity contribution in [1.29, 1.82) is 0 Å². The third-order valence-electron chi connectivity index (χ3n) is 4.00. The average molecular weight is 318 g/mol. The zero-order chi connectivity index (χ0) is 16.1. The second-order valence-corrected chi connectivity index (χ2v) is 5.86. The number of furan rings is 1. The van der Waals surface area contributed by atoms with Gasteiger partial charge in [-0.2, -0.15) is 4.98 Å². The van der Waals surface area contributed by atoms with Crippen LogP contribution in [0.15, 0.2) is 27.3 Å². The Morgan fingerprint density at radius 3 is 2.96 bits per heavy atom. The average Bonchev–Trinajstić information content (AvgIpc) is 3.20. The van der Waals surface area contributed by atoms with Gasteiger partial charge in [0.1, 0.15) is 0 Å². The Hall–Kier alpha value is -2.15. The van der Waals surface area contributed by atoms with Crippen molar-refractivity contribution in [3.63, 3.8) is 0 Å². The molecule has 7 nitrogen and oxygen atoms in total. The van der Waals surface area contributed by atoms with E-state index in [9.17, 15) is 4.79 Å². The molecule has 7 heteroatoms. The molecule has 1 aliphatic rings. The number of rotatable bonds is 6. The number of likely N-dealkylation sites (tertiary alicyclic amines) is 1. The van der Waals surface area contributed by atoms with E-state index in [-0.39, 0.29) is 11.9 Å². The fourth-order valence-electron chi connectivity index (χ4n) is 2.78. The number of carbonyl (C=O) groups is 1. The number of hydrogen-bond acceptors (Lipinski definition) is 6. The zero-order valence-electron chi connectivity index (χ0n) is 13.3. The highest BCUT2D eigenvalue weighted by Crippen LogP contribution is 2.18. The van der Waals surface area contributed by atoms with Crippen LogP contribution in [-0.2, 0) is 11.3 Å². The molecule has 0 spiro atoms. The molecule has 0 saturated carbocycles. The number of aromatic nitrogens is 2. The molecule has 0 aliphatic carbocycles. The maximum Gasteiger partial charge on any atom is 0.241 e. The summed E-state index contributed by atoms with van der Waals surface area (Å²) in [5.41, 5.74) is 0. The van der Waals surface area contributed by atoms with Crippen molar-refractivity contribution >= 4 is 5.91 Å². The summed E-state index contributed by atoms with van der Waals surface area (Å²) in [6, 6.07) is 3.88. The maximum atomic E-state index is 11.6. The number of hydrogen-bond donors (Lipinski definition) is 1. The molecule has 0 aromatic carbocycles. The first-order chi connectivity index (χ1) is 11.2. The fourth-order valence-corrected chi connectivity index (χ4v) is 2.78. The summed E-state index contributed by atoms with van der Waals surface area (Å²) in [5.74, 6) is 1.83. The molecule has 124 valence electrons. The Bertz CT molecular complexity index is 615. The molecule has 1 amide bonds. The Kier molecular flexibility index (Phi) is 5.07. The lowest BCUT2D eigenvalue weighted by atomic mass is 10.0. The first kappa shape index (κ1) is 15.7. The maximum absolute atomic E-state index is 11.6. The van der Waals surface area contributed by atoms with Gasteiger partial charge >= 0.3 is 0 Å². The van der Waals surface area contributed by atoms with Crippen LogP contribution in [0.25, 0.3) is 11.6 Å². The molecule has 0 radical (unpaired) electrons. The van der Waals surface area contributed by atoms with Crippen molar-refractivity contribution in [2.75, 3.05) is 13.1 Å². The van der Waals surface area contributed by atoms with E-state index in [2.05, 4.69) is 20.4 Å². The summed E-state index contributed by atoms with van der Waals surface area (Å²) in [4.78, 5) is 18.3. The summed E-state index contributed by atoms with van der Waals surface area (Å²) in [7, 11) is 0. The number of nitrogens with one attached hydrogen (secondary N) is 1. The van der Waals surface area contributed by atoms with E-state index in [1.165, 1.54) is 0 Å². The molecular formula is C16H22N4O3. The number of piperidine rings is 1. The van der Waals surface area contributed by atoms with Gasteiger partial charge in [-0.25, -0.2) is 0 Å². The van der Waals surface area contributed by atoms with Crippen LogP contribution in [0.3, 0.4) is 0 Å². The van der Waals surface area contributed by atoms with Crippen LogP contribution >= 0.6 is 0 Å². The minimum Gasteiger partial charge on any atom is -0.461 e. The second-order valence-electron chi connectivity index (χ2n) is 5.86. The molecule has 2 aromatic rings. The largest absolute Gasteiger partial charge is 0.461 e. The third-order valence-corrected chi connectivity index (χ3v) is 4.00. The summed E-state index contributed by atoms with van der Waals surface area (Å²) in [5, 5.41) is 7.03. The molecule has 1 saturated heterocycles. The van der Waals surface area contributed by atoms with Gasteiger partial charge in [0.2, 0.25) is 17.6 Å². The molecule has 1 aliphatic heterocycles. The van der Waals surface area contributed by atoms with Crippen molar-refractivity contribution in [2.45, 2.75) is 45.2 Å². The lowest BCUT2D eigenvalue weighted by Gasteiger charge is -2.31. The minimum atomic E-state index is 0.158. The smallest absolute Gasteiger partial charge is 0.241 e. The van der Waals surface area contributed by atoms with Gasteiger partial charge in [0.05, 0.1) is 12.8 Å². The van der Waals surface area contributed by atoms with E-state index in [0.29, 0.717) is 30.4 Å². The summed E-state index contributed by atoms with van der Waals surface area (Å²) in [6.45, 7) is 4.47. The Balaban J connectivity index is 1.46. The Morgan fingerprint density at radius 1 is 1.43 bits per heavy atom. The molecule has 0 atom stereocenters. The molecule has 2 aromatic heterocycles. The van der Waals surface area contributed by atoms with E-state index < -0.39 is 0 Å². The van der Waals surface area contributed by atoms with Crippen LogP contribution in [0.5, 0.6) is 0 Å². The summed E-state index contributed by atoms with van der Waals surface area (Å²) >= 11 is 0. The Labute approximate surface area is 135 Å². The highest BCUT2D eigenvalue weighted by Gasteiger charge is 2.22. The van der Waals surface area contributed by atoms with E-state index in [4.69, 9.17) is 8.94 Å². The van der Waals surface area contributed by atoms with Gasteiger partial charge in [0.25, 0.3) is 0 Å². The van der Waals surface area contributed by atoms with Crippen molar-refractivity contribution in [3.05, 3.63) is 24.3 Å². The summed E-state index contributed by atoms with van der Waals surface area (Å²) < 4.78 is 10.5. The van der Waals surface area contributed by atoms with Crippen LogP contribution < -0.4 is 5.32 Å². The lowest BCUT2D eigenvalue weighted by Crippen LogP contribution is -2.44. The number of amides is 1. The van der Waals surface area contributed by atoms with Crippen LogP contribution in [0.2, 0.25) is 0 Å². The molecule has 3 rings (SSSR count). The minimum absolute atomic E-state index is 0.158. The monoisotopic (exact) mass is 318 g/mol. The predicted molar refractivity (Wildman–Crippen MR) is 83.3 cm³/mol. The van der Waals surface area contributed by atoms with E-state index in [0.717, 1.165) is 32.4 Å². The van der Waals surface area contributed by atoms with Gasteiger partial charge < -0.3 is 14.3 Å². The van der Waals surface area contributed by atoms with E-state index >= 15 is 0 Å². The molecule has 1 N–H and O–H groups in total. The Morgan fingerprint density at radius 2 is 2.26 bits per heavy atom. The van der Waals surface area contributed by atoms with Crippen molar-refractivity contribution in [1.82, 2.24) is 20.4 Å². The highest BCUT2D eigenvalue weighted by molar-refractivity contribution is 5.76. The van der Waals surface area contributed by atoms with Crippen LogP contribution in [-0.4, -0.2) is 40.1 Å². The quantitative estimate of drug-likeness (QED) is 0.879. The van der Waals surface area contributed by atoms with Gasteiger partial charge in [0.15, 0.2) is 5.76 Å². The predicted octanol–water partition coefficient (Wildman–Crippen LogP) is 2.21. The number of nitrogens with zero attached hydrogens (tertiary/aromatic N) is 3. The summed E-state index contributed by atoms with van der Waals surface area (Å²) in [6.07, 6.45) is 4.99. The third kappa shape index (κ3) is 4.19. The SMILES string of the molecule is CCCC(=O)NC1CCN(Cc2nc(-c3ccco3)no2)CC1. The molecule has 0 unspecified atom stereocenters. The lowest BCUT2D eigenvalue weighted by molar-refractivity contribution is -0.122. The van der Waals surface area contributed by atoms with Crippen molar-refractivity contribution in [3.8, 4) is 11.6 Å². The molecule has 0 bridgehead atoms. The van der Waals surface area contributed by atoms with E-state index in [1.54, 1.807) is 18.4 Å². The molecule has 3 heterocycles. The molecule has 23 heavy (non-hydrogen) atoms. The van der Waals surface area contributed by atoms with E-state index in [1.807, 2.05) is 6.92 Å². The van der Waals surface area contributed by atoms with Crippen molar-refractivity contribution in [2.24, 2.45) is 0 Å². The standard InChI is InChI=1S/C16H22N4O3/c1-2-4-14(21)17-12-6-8-20(9-7-12)11-15-18-16(19-23-15)13-5-3-10-22-13/h3,5,10,12H,2,4,6-9,11H2,1H3,(H,17,21). The van der Waals surface area contributed by atoms with Crippen LogP contribution in [0, 0.1) is 0 Å². The number of carbonyl (C=O) groups excluding carboxylic acids is 1. The topological polar surface area (TPSA) is 84.4 Å².